The highest BCUT2D eigenvalue weighted by atomic mass is 16.5. The molecule has 0 spiro atoms. The number of fused-ring (bicyclic) bond motifs is 3. The average Bonchev–Trinajstić information content (AvgIpc) is 2.67. The highest BCUT2D eigenvalue weighted by Gasteiger charge is 2.66. The number of rotatable bonds is 3. The van der Waals surface area contributed by atoms with E-state index in [1.807, 2.05) is 0 Å². The van der Waals surface area contributed by atoms with Gasteiger partial charge in [-0.2, -0.15) is 0 Å². The third-order valence-electron chi connectivity index (χ3n) is 10.3. The van der Waals surface area contributed by atoms with Crippen molar-refractivity contribution in [1.82, 2.24) is 0 Å². The van der Waals surface area contributed by atoms with Crippen LogP contribution >= 0.6 is 0 Å². The summed E-state index contributed by atoms with van der Waals surface area (Å²) in [6, 6.07) is 0. The van der Waals surface area contributed by atoms with E-state index in [1.165, 1.54) is 13.8 Å². The second-order valence-corrected chi connectivity index (χ2v) is 13.4. The molecule has 1 N–H and O–H groups in total. The largest absolute Gasteiger partial charge is 0.462 e. The van der Waals surface area contributed by atoms with E-state index in [0.29, 0.717) is 30.8 Å². The zero-order chi connectivity index (χ0) is 26.0. The SMILES string of the molecule is CC(=O)O[C@H]1C=C(C)C(=O)C[C@@H]1[C@@]1(O)CC[C@H]2[C@@](C)(C[C@@H](OC(C)=O)[C@H]3C(C)(C)CCC[C@@]32C)C1. The van der Waals surface area contributed by atoms with Gasteiger partial charge in [-0.25, -0.2) is 0 Å². The molecule has 4 aliphatic rings. The van der Waals surface area contributed by atoms with E-state index in [9.17, 15) is 19.5 Å². The minimum atomic E-state index is -1.13. The monoisotopic (exact) mass is 488 g/mol. The maximum atomic E-state index is 12.7. The summed E-state index contributed by atoms with van der Waals surface area (Å²) in [4.78, 5) is 36.7. The van der Waals surface area contributed by atoms with Crippen molar-refractivity contribution in [1.29, 1.82) is 0 Å². The standard InChI is InChI=1S/C29H44O6/c1-17-13-22(34-18(2)30)20(14-21(17)32)29(33)12-9-24-27(6,16-29)15-23(35-19(3)31)25-26(4,5)10-8-11-28(24,25)7/h13,20,22-25,33H,8-12,14-16H2,1-7H3/t20-,22-,23+,24-,25-,27-,28+,29+/m0/s1. The molecule has 3 fully saturated rings. The molecule has 0 aliphatic heterocycles. The fraction of sp³-hybridized carbons (Fsp3) is 0.828. The Labute approximate surface area is 210 Å². The van der Waals surface area contributed by atoms with Gasteiger partial charge in [0.1, 0.15) is 12.2 Å². The number of esters is 2. The molecule has 0 aromatic rings. The third-order valence-corrected chi connectivity index (χ3v) is 10.3. The lowest BCUT2D eigenvalue weighted by Gasteiger charge is -2.67. The third kappa shape index (κ3) is 4.49. The van der Waals surface area contributed by atoms with Crippen LogP contribution in [0.5, 0.6) is 0 Å². The molecule has 35 heavy (non-hydrogen) atoms. The first-order valence-electron chi connectivity index (χ1n) is 13.4. The Morgan fingerprint density at radius 1 is 1.03 bits per heavy atom. The fourth-order valence-corrected chi connectivity index (χ4v) is 9.39. The van der Waals surface area contributed by atoms with E-state index in [2.05, 4.69) is 27.7 Å². The summed E-state index contributed by atoms with van der Waals surface area (Å²) in [7, 11) is 0. The number of Topliss-reactive ketones (excluding diaryl/α,β-unsaturated/α-hetero) is 1. The summed E-state index contributed by atoms with van der Waals surface area (Å²) in [5.74, 6) is -0.472. The predicted octanol–water partition coefficient (Wildman–Crippen LogP) is 5.16. The first kappa shape index (κ1) is 26.4. The van der Waals surface area contributed by atoms with E-state index in [0.717, 1.165) is 25.7 Å². The molecule has 196 valence electrons. The Hall–Kier alpha value is -1.69. The number of hydrogen-bond acceptors (Lipinski definition) is 6. The normalized spacial score (nSPS) is 45.0. The zero-order valence-corrected chi connectivity index (χ0v) is 22.6. The van der Waals surface area contributed by atoms with Gasteiger partial charge in [-0.15, -0.1) is 0 Å². The van der Waals surface area contributed by atoms with Gasteiger partial charge in [-0.05, 0) is 79.3 Å². The van der Waals surface area contributed by atoms with Gasteiger partial charge in [0, 0.05) is 32.1 Å². The maximum Gasteiger partial charge on any atom is 0.303 e. The molecule has 4 rings (SSSR count). The van der Waals surface area contributed by atoms with E-state index in [-0.39, 0.29) is 46.4 Å². The summed E-state index contributed by atoms with van der Waals surface area (Å²) in [5.41, 5.74) is -0.730. The van der Waals surface area contributed by atoms with Crippen molar-refractivity contribution in [2.24, 2.45) is 34.0 Å². The van der Waals surface area contributed by atoms with E-state index < -0.39 is 23.6 Å². The van der Waals surface area contributed by atoms with Crippen LogP contribution in [-0.2, 0) is 23.9 Å². The summed E-state index contributed by atoms with van der Waals surface area (Å²) >= 11 is 0. The Kier molecular flexibility index (Phi) is 6.56. The number of aliphatic hydroxyl groups is 1. The lowest BCUT2D eigenvalue weighted by molar-refractivity contribution is -0.237. The zero-order valence-electron chi connectivity index (χ0n) is 22.6. The summed E-state index contributed by atoms with van der Waals surface area (Å²) in [6.45, 7) is 13.9. The second kappa shape index (κ2) is 8.71. The molecule has 0 unspecified atom stereocenters. The summed E-state index contributed by atoms with van der Waals surface area (Å²) in [6.07, 6.45) is 7.10. The van der Waals surface area contributed by atoms with Gasteiger partial charge >= 0.3 is 11.9 Å². The molecule has 0 heterocycles. The molecule has 6 heteroatoms. The molecule has 0 aromatic carbocycles. The highest BCUT2D eigenvalue weighted by Crippen LogP contribution is 2.69. The van der Waals surface area contributed by atoms with Crippen LogP contribution < -0.4 is 0 Å². The van der Waals surface area contributed by atoms with Gasteiger partial charge in [0.25, 0.3) is 0 Å². The molecular weight excluding hydrogens is 444 g/mol. The van der Waals surface area contributed by atoms with E-state index in [1.54, 1.807) is 13.0 Å². The molecule has 3 saturated carbocycles. The van der Waals surface area contributed by atoms with Crippen molar-refractivity contribution in [3.05, 3.63) is 11.6 Å². The van der Waals surface area contributed by atoms with Crippen molar-refractivity contribution in [3.63, 3.8) is 0 Å². The van der Waals surface area contributed by atoms with Crippen LogP contribution in [0.25, 0.3) is 0 Å². The van der Waals surface area contributed by atoms with Crippen LogP contribution in [0.4, 0.5) is 0 Å². The Bertz CT molecular complexity index is 935. The van der Waals surface area contributed by atoms with Crippen molar-refractivity contribution in [2.75, 3.05) is 0 Å². The van der Waals surface area contributed by atoms with Gasteiger partial charge in [-0.3, -0.25) is 14.4 Å². The molecule has 0 amide bonds. The summed E-state index contributed by atoms with van der Waals surface area (Å²) in [5, 5.41) is 12.2. The van der Waals surface area contributed by atoms with Crippen molar-refractivity contribution < 1.29 is 29.0 Å². The molecule has 4 aliphatic carbocycles. The maximum absolute atomic E-state index is 12.7. The first-order valence-corrected chi connectivity index (χ1v) is 13.4. The molecular formula is C29H44O6. The molecule has 0 saturated heterocycles. The number of hydrogen-bond donors (Lipinski definition) is 1. The van der Waals surface area contributed by atoms with Crippen LogP contribution in [0.15, 0.2) is 11.6 Å². The van der Waals surface area contributed by atoms with Gasteiger partial charge in [0.15, 0.2) is 5.78 Å². The van der Waals surface area contributed by atoms with Crippen molar-refractivity contribution in [2.45, 2.75) is 118 Å². The lowest BCUT2D eigenvalue weighted by Crippen LogP contribution is -2.65. The fourth-order valence-electron chi connectivity index (χ4n) is 9.39. The van der Waals surface area contributed by atoms with Gasteiger partial charge in [0.2, 0.25) is 0 Å². The number of allylic oxidation sites excluding steroid dienone is 1. The first-order chi connectivity index (χ1) is 16.1. The predicted molar refractivity (Wildman–Crippen MR) is 132 cm³/mol. The van der Waals surface area contributed by atoms with Crippen LogP contribution in [0.3, 0.4) is 0 Å². The summed E-state index contributed by atoms with van der Waals surface area (Å²) < 4.78 is 11.7. The minimum absolute atomic E-state index is 0.00148. The molecule has 6 nitrogen and oxygen atoms in total. The van der Waals surface area contributed by atoms with Crippen LogP contribution in [0, 0.1) is 34.0 Å². The molecule has 0 radical (unpaired) electrons. The topological polar surface area (TPSA) is 89.9 Å². The quantitative estimate of drug-likeness (QED) is 0.552. The molecule has 8 atom stereocenters. The number of ketones is 1. The van der Waals surface area contributed by atoms with E-state index >= 15 is 0 Å². The highest BCUT2D eigenvalue weighted by molar-refractivity contribution is 5.96. The van der Waals surface area contributed by atoms with E-state index in [4.69, 9.17) is 9.47 Å². The van der Waals surface area contributed by atoms with Crippen LogP contribution in [-0.4, -0.2) is 40.6 Å². The average molecular weight is 489 g/mol. The van der Waals surface area contributed by atoms with Gasteiger partial charge in [0.05, 0.1) is 5.60 Å². The van der Waals surface area contributed by atoms with Gasteiger partial charge < -0.3 is 14.6 Å². The van der Waals surface area contributed by atoms with Crippen LogP contribution in [0.2, 0.25) is 0 Å². The minimum Gasteiger partial charge on any atom is -0.462 e. The molecule has 0 bridgehead atoms. The smallest absolute Gasteiger partial charge is 0.303 e. The number of ether oxygens (including phenoxy) is 2. The lowest BCUT2D eigenvalue weighted by atomic mass is 9.39. The second-order valence-electron chi connectivity index (χ2n) is 13.4. The Balaban J connectivity index is 1.71. The number of carbonyl (C=O) groups excluding carboxylic acids is 3. The Morgan fingerprint density at radius 3 is 2.31 bits per heavy atom. The van der Waals surface area contributed by atoms with Gasteiger partial charge in [-0.1, -0.05) is 34.1 Å². The van der Waals surface area contributed by atoms with Crippen molar-refractivity contribution in [3.8, 4) is 0 Å². The Morgan fingerprint density at radius 2 is 1.69 bits per heavy atom. The van der Waals surface area contributed by atoms with Crippen molar-refractivity contribution >= 4 is 17.7 Å². The molecule has 0 aromatic heterocycles. The number of carbonyl (C=O) groups is 3. The van der Waals surface area contributed by atoms with Crippen LogP contribution in [0.1, 0.15) is 99.8 Å².